The molecule has 1 aromatic heterocycles. The number of carbonyl (C=O) groups is 3. The number of carbonyl (C=O) groups excluding carboxylic acids is 3. The van der Waals surface area contributed by atoms with Gasteiger partial charge in [0.15, 0.2) is 0 Å². The highest BCUT2D eigenvalue weighted by atomic mass is 19.4. The van der Waals surface area contributed by atoms with Gasteiger partial charge in [-0.2, -0.15) is 18.3 Å². The van der Waals surface area contributed by atoms with Gasteiger partial charge in [0.25, 0.3) is 11.8 Å². The Kier molecular flexibility index (Phi) is 9.80. The van der Waals surface area contributed by atoms with E-state index < -0.39 is 47.2 Å². The summed E-state index contributed by atoms with van der Waals surface area (Å²) in [5, 5.41) is 10.4. The number of halogens is 4. The summed E-state index contributed by atoms with van der Waals surface area (Å²) in [6.07, 6.45) is -4.69. The fraction of sp³-hybridized carbons (Fsp3) is 0.257. The van der Waals surface area contributed by atoms with Crippen molar-refractivity contribution in [3.63, 3.8) is 0 Å². The molecule has 0 saturated heterocycles. The van der Waals surface area contributed by atoms with Crippen LogP contribution in [-0.4, -0.2) is 65.6 Å². The third kappa shape index (κ3) is 7.00. The van der Waals surface area contributed by atoms with Crippen molar-refractivity contribution in [2.24, 2.45) is 0 Å². The highest BCUT2D eigenvalue weighted by Gasteiger charge is 2.46. The second-order valence-corrected chi connectivity index (χ2v) is 11.6. The number of amides is 3. The molecule has 48 heavy (non-hydrogen) atoms. The minimum atomic E-state index is -4.69. The highest BCUT2D eigenvalue weighted by molar-refractivity contribution is 6.05. The zero-order chi connectivity index (χ0) is 34.7. The number of nitrogens with zero attached hydrogens (tertiary/aromatic N) is 4. The van der Waals surface area contributed by atoms with Gasteiger partial charge in [-0.25, -0.2) is 9.07 Å². The monoisotopic (exact) mass is 662 g/mol. The van der Waals surface area contributed by atoms with E-state index in [4.69, 9.17) is 5.10 Å². The van der Waals surface area contributed by atoms with E-state index in [2.05, 4.69) is 17.2 Å². The lowest BCUT2D eigenvalue weighted by atomic mass is 9.80. The maximum Gasteiger partial charge on any atom is 0.416 e. The molecule has 0 bridgehead atoms. The Hall–Kier alpha value is -5.30. The molecule has 5 rings (SSSR count). The van der Waals surface area contributed by atoms with Crippen molar-refractivity contribution in [1.29, 1.82) is 0 Å². The van der Waals surface area contributed by atoms with E-state index >= 15 is 0 Å². The second kappa shape index (κ2) is 13.8. The summed E-state index contributed by atoms with van der Waals surface area (Å²) in [6.45, 7) is 5.96. The minimum Gasteiger partial charge on any atom is -0.347 e. The molecule has 1 aliphatic heterocycles. The molecule has 0 saturated carbocycles. The largest absolute Gasteiger partial charge is 0.416 e. The number of benzene rings is 3. The van der Waals surface area contributed by atoms with E-state index in [-0.39, 0.29) is 18.7 Å². The van der Waals surface area contributed by atoms with Gasteiger partial charge in [-0.1, -0.05) is 43.0 Å². The van der Waals surface area contributed by atoms with Crippen LogP contribution in [0.1, 0.15) is 45.6 Å². The summed E-state index contributed by atoms with van der Waals surface area (Å²) in [6, 6.07) is 16.9. The van der Waals surface area contributed by atoms with Gasteiger partial charge in [-0.05, 0) is 69.0 Å². The van der Waals surface area contributed by atoms with E-state index in [1.165, 1.54) is 35.2 Å². The fourth-order valence-electron chi connectivity index (χ4n) is 5.79. The van der Waals surface area contributed by atoms with Gasteiger partial charge in [0.05, 0.1) is 23.5 Å². The van der Waals surface area contributed by atoms with Crippen molar-refractivity contribution in [1.82, 2.24) is 25.3 Å². The molecule has 1 aliphatic rings. The average molecular weight is 663 g/mol. The van der Waals surface area contributed by atoms with Gasteiger partial charge in [0.1, 0.15) is 17.7 Å². The van der Waals surface area contributed by atoms with Crippen molar-refractivity contribution in [2.75, 3.05) is 32.1 Å². The summed E-state index contributed by atoms with van der Waals surface area (Å²) in [7, 11) is 3.60. The normalized spacial score (nSPS) is 16.1. The quantitative estimate of drug-likeness (QED) is 0.183. The molecule has 2 atom stereocenters. The Morgan fingerprint density at radius 3 is 2.31 bits per heavy atom. The van der Waals surface area contributed by atoms with Gasteiger partial charge in [-0.3, -0.25) is 19.3 Å². The Morgan fingerprint density at radius 2 is 1.69 bits per heavy atom. The first-order chi connectivity index (χ1) is 22.8. The summed E-state index contributed by atoms with van der Waals surface area (Å²) < 4.78 is 56.2. The van der Waals surface area contributed by atoms with Crippen LogP contribution in [0.3, 0.4) is 0 Å². The molecule has 0 aliphatic carbocycles. The van der Waals surface area contributed by atoms with E-state index in [0.717, 1.165) is 12.1 Å². The van der Waals surface area contributed by atoms with Gasteiger partial charge in [0, 0.05) is 35.7 Å². The molecule has 2 heterocycles. The molecule has 13 heteroatoms. The summed E-state index contributed by atoms with van der Waals surface area (Å²) in [5.74, 6) is -3.00. The zero-order valence-electron chi connectivity index (χ0n) is 26.5. The van der Waals surface area contributed by atoms with Gasteiger partial charge in [-0.15, -0.1) is 0 Å². The number of para-hydroxylation sites is 1. The molecule has 0 radical (unpaired) electrons. The molecule has 4 aromatic rings. The third-order valence-electron chi connectivity index (χ3n) is 7.93. The molecule has 3 aromatic carbocycles. The SMILES string of the molecule is C=C(CN(C)C)C(=O)NCc1nn(-c2ccccc2)c2c1C(c1ccc(F)cc1)C(NC(=O)c1cccc(C(F)(F)F)c1)C(=O)N2CC. The Balaban J connectivity index is 1.67. The van der Waals surface area contributed by atoms with Crippen LogP contribution in [0.4, 0.5) is 23.4 Å². The maximum absolute atomic E-state index is 14.3. The molecular weight excluding hydrogens is 628 g/mol. The van der Waals surface area contributed by atoms with Gasteiger partial charge >= 0.3 is 6.18 Å². The van der Waals surface area contributed by atoms with E-state index in [1.54, 1.807) is 54.9 Å². The van der Waals surface area contributed by atoms with Crippen LogP contribution < -0.4 is 15.5 Å². The molecule has 250 valence electrons. The molecule has 0 spiro atoms. The number of alkyl halides is 3. The van der Waals surface area contributed by atoms with Crippen LogP contribution in [0.2, 0.25) is 0 Å². The minimum absolute atomic E-state index is 0.0921. The number of nitrogens with one attached hydrogen (secondary N) is 2. The summed E-state index contributed by atoms with van der Waals surface area (Å²) in [5.41, 5.74) is 0.875. The average Bonchev–Trinajstić information content (AvgIpc) is 3.43. The molecule has 9 nitrogen and oxygen atoms in total. The first kappa shape index (κ1) is 34.0. The van der Waals surface area contributed by atoms with Crippen LogP contribution in [0.5, 0.6) is 0 Å². The van der Waals surface area contributed by atoms with Crippen LogP contribution in [0, 0.1) is 5.82 Å². The molecule has 2 unspecified atom stereocenters. The number of rotatable bonds is 10. The van der Waals surface area contributed by atoms with Crippen molar-refractivity contribution in [2.45, 2.75) is 31.6 Å². The number of hydrogen-bond acceptors (Lipinski definition) is 5. The number of likely N-dealkylation sites (N-methyl/N-ethyl adjacent to an activating group) is 2. The summed E-state index contributed by atoms with van der Waals surface area (Å²) >= 11 is 0. The molecule has 2 N–H and O–H groups in total. The predicted molar refractivity (Wildman–Crippen MR) is 172 cm³/mol. The Labute approximate surface area is 274 Å². The Bertz CT molecular complexity index is 1840. The maximum atomic E-state index is 14.3. The summed E-state index contributed by atoms with van der Waals surface area (Å²) in [4.78, 5) is 44.1. The molecule has 0 fully saturated rings. The van der Waals surface area contributed by atoms with Crippen molar-refractivity contribution in [3.8, 4) is 5.69 Å². The topological polar surface area (TPSA) is 99.6 Å². The van der Waals surface area contributed by atoms with Crippen molar-refractivity contribution in [3.05, 3.63) is 125 Å². The number of anilines is 1. The number of fused-ring (bicyclic) bond motifs is 1. The van der Waals surface area contributed by atoms with Crippen LogP contribution in [-0.2, 0) is 22.3 Å². The Morgan fingerprint density at radius 1 is 1.00 bits per heavy atom. The lowest BCUT2D eigenvalue weighted by Gasteiger charge is -2.38. The standard InChI is InChI=1S/C35H34F4N6O3/c1-5-44-33-29(27(19-40-31(46)21(2)20-43(3)4)42-45(33)26-12-7-6-8-13-26)28(22-14-16-25(36)17-15-22)30(34(44)48)41-32(47)23-10-9-11-24(18-23)35(37,38)39/h6-18,28,30H,2,5,19-20H2,1,3-4H3,(H,40,46)(H,41,47). The van der Waals surface area contributed by atoms with Crippen molar-refractivity contribution >= 4 is 23.5 Å². The second-order valence-electron chi connectivity index (χ2n) is 11.6. The van der Waals surface area contributed by atoms with Gasteiger partial charge < -0.3 is 15.5 Å². The lowest BCUT2D eigenvalue weighted by Crippen LogP contribution is -2.55. The predicted octanol–water partition coefficient (Wildman–Crippen LogP) is 5.06. The lowest BCUT2D eigenvalue weighted by molar-refractivity contribution is -0.137. The fourth-order valence-corrected chi connectivity index (χ4v) is 5.79. The highest BCUT2D eigenvalue weighted by Crippen LogP contribution is 2.44. The third-order valence-corrected chi connectivity index (χ3v) is 7.93. The van der Waals surface area contributed by atoms with E-state index in [9.17, 15) is 31.9 Å². The van der Waals surface area contributed by atoms with Crippen LogP contribution >= 0.6 is 0 Å². The zero-order valence-corrected chi connectivity index (χ0v) is 26.5. The first-order valence-electron chi connectivity index (χ1n) is 15.1. The van der Waals surface area contributed by atoms with Crippen LogP contribution in [0.25, 0.3) is 5.69 Å². The smallest absolute Gasteiger partial charge is 0.347 e. The number of hydrogen-bond donors (Lipinski definition) is 2. The molecule has 3 amide bonds. The molecular formula is C35H34F4N6O3. The van der Waals surface area contributed by atoms with E-state index in [0.29, 0.717) is 46.5 Å². The van der Waals surface area contributed by atoms with E-state index in [1.807, 2.05) is 6.07 Å². The van der Waals surface area contributed by atoms with Crippen molar-refractivity contribution < 1.29 is 31.9 Å². The van der Waals surface area contributed by atoms with Crippen LogP contribution in [0.15, 0.2) is 91.0 Å². The van der Waals surface area contributed by atoms with Gasteiger partial charge in [0.2, 0.25) is 5.91 Å². The first-order valence-corrected chi connectivity index (χ1v) is 15.1. The number of aromatic nitrogens is 2.